The predicted molar refractivity (Wildman–Crippen MR) is 78.4 cm³/mol. The predicted octanol–water partition coefficient (Wildman–Crippen LogP) is 3.87. The minimum atomic E-state index is 0.620. The van der Waals surface area contributed by atoms with Crippen LogP contribution in [0, 0.1) is 6.26 Å². The molecule has 20 heavy (non-hydrogen) atoms. The lowest BCUT2D eigenvalue weighted by Gasteiger charge is -2.21. The first-order chi connectivity index (χ1) is 9.92. The normalized spacial score (nSPS) is 15.5. The minimum absolute atomic E-state index is 0.620. The highest BCUT2D eigenvalue weighted by Crippen LogP contribution is 2.37. The van der Waals surface area contributed by atoms with E-state index >= 15 is 0 Å². The number of ether oxygens (including phenoxy) is 2. The van der Waals surface area contributed by atoms with Crippen molar-refractivity contribution in [2.75, 3.05) is 6.61 Å². The first-order valence-electron chi connectivity index (χ1n) is 6.71. The van der Waals surface area contributed by atoms with Gasteiger partial charge in [0.05, 0.1) is 0 Å². The van der Waals surface area contributed by atoms with Crippen molar-refractivity contribution < 1.29 is 9.47 Å². The summed E-state index contributed by atoms with van der Waals surface area (Å²) in [5.41, 5.74) is 4.41. The molecule has 0 spiro atoms. The van der Waals surface area contributed by atoms with E-state index in [1.165, 1.54) is 5.56 Å². The standard InChI is InChI=1S/C18H13O2/c1-2-9-17-14(5-1)11-15(12-20-17)16-8-3-6-13-7-4-10-19-18(13)16/h1-9H,10-11H2. The van der Waals surface area contributed by atoms with Gasteiger partial charge >= 0.3 is 0 Å². The molecule has 0 N–H and O–H groups in total. The van der Waals surface area contributed by atoms with Crippen molar-refractivity contribution in [1.29, 1.82) is 0 Å². The average Bonchev–Trinajstić information content (AvgIpc) is 2.54. The zero-order valence-corrected chi connectivity index (χ0v) is 10.9. The second-order valence-corrected chi connectivity index (χ2v) is 4.90. The molecule has 2 nitrogen and oxygen atoms in total. The smallest absolute Gasteiger partial charge is 0.174 e. The van der Waals surface area contributed by atoms with E-state index in [1.807, 2.05) is 30.3 Å². The molecule has 2 heterocycles. The van der Waals surface area contributed by atoms with Crippen molar-refractivity contribution in [3.8, 4) is 11.5 Å². The average molecular weight is 261 g/mol. The van der Waals surface area contributed by atoms with Crippen LogP contribution < -0.4 is 9.47 Å². The number of benzene rings is 2. The van der Waals surface area contributed by atoms with Crippen molar-refractivity contribution in [3.63, 3.8) is 0 Å². The minimum Gasteiger partial charge on any atom is -0.488 e. The highest BCUT2D eigenvalue weighted by atomic mass is 16.5. The van der Waals surface area contributed by atoms with Crippen LogP contribution in [-0.4, -0.2) is 6.61 Å². The molecule has 4 rings (SSSR count). The lowest BCUT2D eigenvalue weighted by molar-refractivity contribution is 0.357. The van der Waals surface area contributed by atoms with Gasteiger partial charge in [-0.15, -0.1) is 0 Å². The summed E-state index contributed by atoms with van der Waals surface area (Å²) in [4.78, 5) is 0. The van der Waals surface area contributed by atoms with E-state index in [2.05, 4.69) is 30.5 Å². The molecule has 0 aliphatic carbocycles. The van der Waals surface area contributed by atoms with Gasteiger partial charge in [-0.05, 0) is 17.7 Å². The third-order valence-electron chi connectivity index (χ3n) is 3.62. The molecule has 0 saturated heterocycles. The van der Waals surface area contributed by atoms with E-state index in [9.17, 15) is 0 Å². The fourth-order valence-corrected chi connectivity index (χ4v) is 2.63. The summed E-state index contributed by atoms with van der Waals surface area (Å²) < 4.78 is 11.4. The van der Waals surface area contributed by atoms with Gasteiger partial charge in [-0.3, -0.25) is 0 Å². The number of fused-ring (bicyclic) bond motifs is 2. The van der Waals surface area contributed by atoms with Gasteiger partial charge in [-0.25, -0.2) is 0 Å². The van der Waals surface area contributed by atoms with Crippen LogP contribution in [0.4, 0.5) is 0 Å². The highest BCUT2D eigenvalue weighted by molar-refractivity contribution is 5.77. The fourth-order valence-electron chi connectivity index (χ4n) is 2.63. The molecule has 0 bridgehead atoms. The molecule has 0 aromatic heterocycles. The lowest BCUT2D eigenvalue weighted by atomic mass is 9.94. The molecule has 0 fully saturated rings. The molecule has 0 amide bonds. The maximum Gasteiger partial charge on any atom is 0.174 e. The molecule has 2 heteroatoms. The highest BCUT2D eigenvalue weighted by Gasteiger charge is 2.19. The van der Waals surface area contributed by atoms with Crippen LogP contribution in [0.1, 0.15) is 16.7 Å². The van der Waals surface area contributed by atoms with Crippen molar-refractivity contribution in [2.24, 2.45) is 0 Å². The van der Waals surface area contributed by atoms with Gasteiger partial charge < -0.3 is 9.47 Å². The summed E-state index contributed by atoms with van der Waals surface area (Å²) in [5, 5.41) is 0. The monoisotopic (exact) mass is 261 g/mol. The van der Waals surface area contributed by atoms with Gasteiger partial charge in [-0.2, -0.15) is 0 Å². The van der Waals surface area contributed by atoms with E-state index in [-0.39, 0.29) is 0 Å². The number of allylic oxidation sites excluding steroid dienone is 1. The Balaban J connectivity index is 1.77. The van der Waals surface area contributed by atoms with Gasteiger partial charge in [0.25, 0.3) is 0 Å². The number of para-hydroxylation sites is 2. The van der Waals surface area contributed by atoms with Crippen LogP contribution in [0.3, 0.4) is 0 Å². The molecule has 1 radical (unpaired) electrons. The topological polar surface area (TPSA) is 18.5 Å². The molecule has 2 aromatic carbocycles. The third-order valence-corrected chi connectivity index (χ3v) is 3.62. The van der Waals surface area contributed by atoms with Gasteiger partial charge in [0.15, 0.2) is 6.26 Å². The van der Waals surface area contributed by atoms with Gasteiger partial charge in [0.1, 0.15) is 18.1 Å². The van der Waals surface area contributed by atoms with Gasteiger partial charge in [0.2, 0.25) is 0 Å². The summed E-state index contributed by atoms with van der Waals surface area (Å²) in [6.07, 6.45) is 8.00. The Morgan fingerprint density at radius 3 is 2.95 bits per heavy atom. The second kappa shape index (κ2) is 4.57. The van der Waals surface area contributed by atoms with Crippen molar-refractivity contribution in [1.82, 2.24) is 0 Å². The maximum atomic E-state index is 5.79. The largest absolute Gasteiger partial charge is 0.488 e. The Hall–Kier alpha value is -2.48. The Labute approximate surface area is 118 Å². The van der Waals surface area contributed by atoms with E-state index in [0.717, 1.165) is 34.6 Å². The van der Waals surface area contributed by atoms with Crippen LogP contribution in [0.15, 0.2) is 48.5 Å². The number of rotatable bonds is 1. The molecule has 97 valence electrons. The molecular weight excluding hydrogens is 248 g/mol. The Bertz CT molecular complexity index is 726. The molecule has 0 unspecified atom stereocenters. The van der Waals surface area contributed by atoms with Crippen LogP contribution >= 0.6 is 0 Å². The van der Waals surface area contributed by atoms with E-state index in [0.29, 0.717) is 6.61 Å². The molecular formula is C18H13O2. The first kappa shape index (κ1) is 11.4. The number of hydrogen-bond acceptors (Lipinski definition) is 2. The molecule has 2 aliphatic rings. The summed E-state index contributed by atoms with van der Waals surface area (Å²) in [5.74, 6) is 1.82. The van der Waals surface area contributed by atoms with E-state index in [4.69, 9.17) is 9.47 Å². The van der Waals surface area contributed by atoms with Gasteiger partial charge in [0, 0.05) is 23.1 Å². The lowest BCUT2D eigenvalue weighted by Crippen LogP contribution is -2.07. The second-order valence-electron chi connectivity index (χ2n) is 4.90. The SMILES string of the molecule is [C]1=C(c2cccc3c2OCC=C3)Cc2ccccc2O1. The van der Waals surface area contributed by atoms with Crippen molar-refractivity contribution in [2.45, 2.75) is 6.42 Å². The quantitative estimate of drug-likeness (QED) is 0.775. The Kier molecular flexibility index (Phi) is 2.59. The van der Waals surface area contributed by atoms with Crippen LogP contribution in [0.5, 0.6) is 11.5 Å². The van der Waals surface area contributed by atoms with Crippen LogP contribution in [0.25, 0.3) is 11.6 Å². The summed E-state index contributed by atoms with van der Waals surface area (Å²) in [6, 6.07) is 14.2. The van der Waals surface area contributed by atoms with Crippen LogP contribution in [-0.2, 0) is 6.42 Å². The summed E-state index contributed by atoms with van der Waals surface area (Å²) >= 11 is 0. The maximum absolute atomic E-state index is 5.79. The molecule has 2 aromatic rings. The first-order valence-corrected chi connectivity index (χ1v) is 6.71. The summed E-state index contributed by atoms with van der Waals surface area (Å²) in [6.45, 7) is 0.620. The van der Waals surface area contributed by atoms with E-state index < -0.39 is 0 Å². The third kappa shape index (κ3) is 1.81. The Morgan fingerprint density at radius 2 is 1.95 bits per heavy atom. The van der Waals surface area contributed by atoms with Crippen molar-refractivity contribution >= 4 is 11.6 Å². The van der Waals surface area contributed by atoms with Gasteiger partial charge in [-0.1, -0.05) is 42.5 Å². The summed E-state index contributed by atoms with van der Waals surface area (Å²) in [7, 11) is 0. The van der Waals surface area contributed by atoms with Crippen LogP contribution in [0.2, 0.25) is 0 Å². The number of hydrogen-bond donors (Lipinski definition) is 0. The Morgan fingerprint density at radius 1 is 1.00 bits per heavy atom. The van der Waals surface area contributed by atoms with Crippen molar-refractivity contribution in [3.05, 3.63) is 71.5 Å². The molecule has 0 atom stereocenters. The van der Waals surface area contributed by atoms with E-state index in [1.54, 1.807) is 0 Å². The molecule has 2 aliphatic heterocycles. The fraction of sp³-hybridized carbons (Fsp3) is 0.111. The molecule has 0 saturated carbocycles. The zero-order valence-electron chi connectivity index (χ0n) is 10.9. The zero-order chi connectivity index (χ0) is 13.4.